The monoisotopic (exact) mass is 281 g/mol. The SMILES string of the molecule is CCOC(=O)c1cccnc1C(OC(C)=O)OC(C)=O. The van der Waals surface area contributed by atoms with Crippen molar-refractivity contribution in [1.29, 1.82) is 0 Å². The molecule has 0 N–H and O–H groups in total. The van der Waals surface area contributed by atoms with E-state index in [2.05, 4.69) is 4.98 Å². The van der Waals surface area contributed by atoms with Crippen molar-refractivity contribution in [2.75, 3.05) is 6.61 Å². The van der Waals surface area contributed by atoms with E-state index < -0.39 is 24.2 Å². The number of ether oxygens (including phenoxy) is 3. The van der Waals surface area contributed by atoms with Gasteiger partial charge in [-0.3, -0.25) is 14.6 Å². The van der Waals surface area contributed by atoms with Gasteiger partial charge in [0.1, 0.15) is 5.69 Å². The van der Waals surface area contributed by atoms with Crippen LogP contribution in [0.15, 0.2) is 18.3 Å². The van der Waals surface area contributed by atoms with E-state index in [0.29, 0.717) is 0 Å². The van der Waals surface area contributed by atoms with Crippen LogP contribution in [0.4, 0.5) is 0 Å². The topological polar surface area (TPSA) is 91.8 Å². The summed E-state index contributed by atoms with van der Waals surface area (Å²) >= 11 is 0. The van der Waals surface area contributed by atoms with Gasteiger partial charge >= 0.3 is 17.9 Å². The van der Waals surface area contributed by atoms with Gasteiger partial charge in [-0.15, -0.1) is 0 Å². The second-order valence-corrected chi connectivity index (χ2v) is 3.71. The van der Waals surface area contributed by atoms with Gasteiger partial charge in [-0.2, -0.15) is 0 Å². The molecule has 7 nitrogen and oxygen atoms in total. The maximum absolute atomic E-state index is 11.8. The molecule has 0 aliphatic heterocycles. The summed E-state index contributed by atoms with van der Waals surface area (Å²) < 4.78 is 14.6. The van der Waals surface area contributed by atoms with Crippen LogP contribution < -0.4 is 0 Å². The molecule has 108 valence electrons. The molecule has 20 heavy (non-hydrogen) atoms. The molecular weight excluding hydrogens is 266 g/mol. The van der Waals surface area contributed by atoms with E-state index in [1.807, 2.05) is 0 Å². The number of esters is 3. The lowest BCUT2D eigenvalue weighted by atomic mass is 10.2. The Bertz CT molecular complexity index is 497. The Morgan fingerprint density at radius 1 is 1.20 bits per heavy atom. The van der Waals surface area contributed by atoms with Gasteiger partial charge < -0.3 is 14.2 Å². The maximum Gasteiger partial charge on any atom is 0.340 e. The van der Waals surface area contributed by atoms with Crippen LogP contribution in [-0.4, -0.2) is 29.5 Å². The lowest BCUT2D eigenvalue weighted by Gasteiger charge is -2.17. The zero-order valence-corrected chi connectivity index (χ0v) is 11.4. The van der Waals surface area contributed by atoms with E-state index in [9.17, 15) is 14.4 Å². The number of pyridine rings is 1. The van der Waals surface area contributed by atoms with E-state index in [0.717, 1.165) is 13.8 Å². The van der Waals surface area contributed by atoms with E-state index in [-0.39, 0.29) is 17.9 Å². The largest absolute Gasteiger partial charge is 0.462 e. The minimum atomic E-state index is -1.38. The number of nitrogens with zero attached hydrogens (tertiary/aromatic N) is 1. The van der Waals surface area contributed by atoms with Crippen molar-refractivity contribution < 1.29 is 28.6 Å². The lowest BCUT2D eigenvalue weighted by molar-refractivity contribution is -0.187. The normalized spacial score (nSPS) is 10.0. The van der Waals surface area contributed by atoms with Crippen molar-refractivity contribution in [3.63, 3.8) is 0 Å². The zero-order chi connectivity index (χ0) is 15.1. The first-order valence-corrected chi connectivity index (χ1v) is 5.92. The van der Waals surface area contributed by atoms with Gasteiger partial charge in [-0.05, 0) is 19.1 Å². The molecule has 0 bridgehead atoms. The van der Waals surface area contributed by atoms with Crippen molar-refractivity contribution in [3.8, 4) is 0 Å². The molecule has 0 aromatic carbocycles. The minimum absolute atomic E-state index is 0.0105. The Labute approximate surface area is 115 Å². The molecule has 7 heteroatoms. The number of carbonyl (C=O) groups excluding carboxylic acids is 3. The Balaban J connectivity index is 3.14. The molecule has 0 aliphatic carbocycles. The molecule has 0 saturated carbocycles. The van der Waals surface area contributed by atoms with Gasteiger partial charge in [0.05, 0.1) is 12.2 Å². The molecule has 0 fully saturated rings. The molecule has 0 radical (unpaired) electrons. The van der Waals surface area contributed by atoms with Crippen LogP contribution in [0.1, 0.15) is 43.1 Å². The predicted molar refractivity (Wildman–Crippen MR) is 66.5 cm³/mol. The molecule has 1 aromatic heterocycles. The molecule has 0 atom stereocenters. The number of hydrogen-bond acceptors (Lipinski definition) is 7. The molecule has 1 aromatic rings. The highest BCUT2D eigenvalue weighted by molar-refractivity contribution is 5.90. The Hall–Kier alpha value is -2.44. The minimum Gasteiger partial charge on any atom is -0.462 e. The third-order valence-corrected chi connectivity index (χ3v) is 2.10. The Kier molecular flexibility index (Phi) is 5.64. The van der Waals surface area contributed by atoms with E-state index in [1.54, 1.807) is 6.92 Å². The fourth-order valence-corrected chi connectivity index (χ4v) is 1.42. The fraction of sp³-hybridized carbons (Fsp3) is 0.385. The van der Waals surface area contributed by atoms with E-state index >= 15 is 0 Å². The molecule has 0 spiro atoms. The van der Waals surface area contributed by atoms with Crippen LogP contribution >= 0.6 is 0 Å². The predicted octanol–water partition coefficient (Wildman–Crippen LogP) is 1.38. The first kappa shape index (κ1) is 15.6. The second-order valence-electron chi connectivity index (χ2n) is 3.71. The number of rotatable bonds is 5. The van der Waals surface area contributed by atoms with Gasteiger partial charge in [0.25, 0.3) is 6.29 Å². The summed E-state index contributed by atoms with van der Waals surface area (Å²) in [5, 5.41) is 0. The lowest BCUT2D eigenvalue weighted by Crippen LogP contribution is -2.20. The van der Waals surface area contributed by atoms with E-state index in [4.69, 9.17) is 14.2 Å². The standard InChI is InChI=1S/C13H15NO6/c1-4-18-12(17)10-6-5-7-14-11(10)13(19-8(2)15)20-9(3)16/h5-7,13H,4H2,1-3H3. The highest BCUT2D eigenvalue weighted by atomic mass is 16.7. The highest BCUT2D eigenvalue weighted by Crippen LogP contribution is 2.22. The average Bonchev–Trinajstić information content (AvgIpc) is 2.37. The van der Waals surface area contributed by atoms with Gasteiger partial charge in [0, 0.05) is 20.0 Å². The van der Waals surface area contributed by atoms with Crippen molar-refractivity contribution in [2.45, 2.75) is 27.1 Å². The van der Waals surface area contributed by atoms with Crippen LogP contribution in [0.25, 0.3) is 0 Å². The third kappa shape index (κ3) is 4.34. The first-order chi connectivity index (χ1) is 9.45. The van der Waals surface area contributed by atoms with Crippen molar-refractivity contribution in [3.05, 3.63) is 29.6 Å². The van der Waals surface area contributed by atoms with Crippen molar-refractivity contribution in [1.82, 2.24) is 4.98 Å². The fourth-order valence-electron chi connectivity index (χ4n) is 1.42. The first-order valence-electron chi connectivity index (χ1n) is 5.92. The van der Waals surface area contributed by atoms with Gasteiger partial charge in [0.15, 0.2) is 0 Å². The third-order valence-electron chi connectivity index (χ3n) is 2.10. The second kappa shape index (κ2) is 7.22. The Morgan fingerprint density at radius 2 is 1.80 bits per heavy atom. The zero-order valence-electron chi connectivity index (χ0n) is 11.4. The molecule has 0 amide bonds. The highest BCUT2D eigenvalue weighted by Gasteiger charge is 2.26. The summed E-state index contributed by atoms with van der Waals surface area (Å²) in [4.78, 5) is 37.8. The van der Waals surface area contributed by atoms with Crippen LogP contribution in [-0.2, 0) is 23.8 Å². The summed E-state index contributed by atoms with van der Waals surface area (Å²) in [6.45, 7) is 4.15. The number of aromatic nitrogens is 1. The smallest absolute Gasteiger partial charge is 0.340 e. The van der Waals surface area contributed by atoms with Crippen molar-refractivity contribution >= 4 is 17.9 Å². The van der Waals surface area contributed by atoms with Crippen LogP contribution in [0.3, 0.4) is 0 Å². The van der Waals surface area contributed by atoms with E-state index in [1.165, 1.54) is 18.3 Å². The molecule has 1 heterocycles. The van der Waals surface area contributed by atoms with Crippen LogP contribution in [0, 0.1) is 0 Å². The average molecular weight is 281 g/mol. The molecular formula is C13H15NO6. The maximum atomic E-state index is 11.8. The summed E-state index contributed by atoms with van der Waals surface area (Å²) in [7, 11) is 0. The summed E-state index contributed by atoms with van der Waals surface area (Å²) in [5.41, 5.74) is 0.0817. The van der Waals surface area contributed by atoms with Gasteiger partial charge in [0.2, 0.25) is 0 Å². The summed E-state index contributed by atoms with van der Waals surface area (Å²) in [5.74, 6) is -1.98. The van der Waals surface area contributed by atoms with Gasteiger partial charge in [-0.25, -0.2) is 4.79 Å². The molecule has 1 rings (SSSR count). The quantitative estimate of drug-likeness (QED) is 0.594. The number of carbonyl (C=O) groups is 3. The molecule has 0 saturated heterocycles. The molecule has 0 unspecified atom stereocenters. The number of hydrogen-bond donors (Lipinski definition) is 0. The van der Waals surface area contributed by atoms with Crippen LogP contribution in [0.2, 0.25) is 0 Å². The molecule has 0 aliphatic rings. The summed E-state index contributed by atoms with van der Waals surface area (Å²) in [6.07, 6.45) is 0.00326. The van der Waals surface area contributed by atoms with Crippen molar-refractivity contribution in [2.24, 2.45) is 0 Å². The van der Waals surface area contributed by atoms with Gasteiger partial charge in [-0.1, -0.05) is 0 Å². The summed E-state index contributed by atoms with van der Waals surface area (Å²) in [6, 6.07) is 2.97. The Morgan fingerprint density at radius 3 is 2.30 bits per heavy atom. The van der Waals surface area contributed by atoms with Crippen LogP contribution in [0.5, 0.6) is 0 Å².